The minimum absolute atomic E-state index is 0.104. The van der Waals surface area contributed by atoms with E-state index in [0.29, 0.717) is 46.2 Å². The number of rotatable bonds is 9. The van der Waals surface area contributed by atoms with Crippen molar-refractivity contribution >= 4 is 23.5 Å². The van der Waals surface area contributed by atoms with Crippen molar-refractivity contribution < 1.29 is 28.2 Å². The minimum atomic E-state index is -0.831. The number of dihydropyridines is 1. The van der Waals surface area contributed by atoms with Gasteiger partial charge >= 0.3 is 5.97 Å². The van der Waals surface area contributed by atoms with Gasteiger partial charge in [0.15, 0.2) is 17.3 Å². The Bertz CT molecular complexity index is 1250. The lowest BCUT2D eigenvalue weighted by molar-refractivity contribution is -0.138. The molecule has 6 nitrogen and oxygen atoms in total. The van der Waals surface area contributed by atoms with Crippen LogP contribution < -0.4 is 14.8 Å². The Balaban J connectivity index is 1.72. The van der Waals surface area contributed by atoms with Gasteiger partial charge in [0, 0.05) is 34.7 Å². The van der Waals surface area contributed by atoms with Crippen LogP contribution in [0.5, 0.6) is 11.5 Å². The predicted octanol–water partition coefficient (Wildman–Crippen LogP) is 5.50. The van der Waals surface area contributed by atoms with Gasteiger partial charge in [-0.2, -0.15) is 11.8 Å². The van der Waals surface area contributed by atoms with E-state index in [2.05, 4.69) is 5.32 Å². The number of hydrogen-bond acceptors (Lipinski definition) is 7. The summed E-state index contributed by atoms with van der Waals surface area (Å²) >= 11 is 1.67. The molecule has 0 aromatic heterocycles. The molecule has 0 amide bonds. The lowest BCUT2D eigenvalue weighted by atomic mass is 9.71. The third-order valence-electron chi connectivity index (χ3n) is 6.81. The van der Waals surface area contributed by atoms with Crippen LogP contribution in [0.1, 0.15) is 49.7 Å². The first-order chi connectivity index (χ1) is 17.9. The van der Waals surface area contributed by atoms with E-state index in [1.165, 1.54) is 6.07 Å². The number of thioether (sulfide) groups is 1. The van der Waals surface area contributed by atoms with Crippen molar-refractivity contribution in [3.05, 3.63) is 81.9 Å². The molecule has 0 saturated heterocycles. The predicted molar refractivity (Wildman–Crippen MR) is 142 cm³/mol. The molecule has 0 fully saturated rings. The summed E-state index contributed by atoms with van der Waals surface area (Å²) in [5.41, 5.74) is 3.23. The maximum absolute atomic E-state index is 15.1. The van der Waals surface area contributed by atoms with E-state index in [0.717, 1.165) is 11.3 Å². The molecule has 2 aromatic rings. The smallest absolute Gasteiger partial charge is 0.336 e. The van der Waals surface area contributed by atoms with E-state index >= 15 is 4.39 Å². The number of esters is 1. The van der Waals surface area contributed by atoms with Crippen LogP contribution in [0, 0.1) is 5.82 Å². The van der Waals surface area contributed by atoms with Gasteiger partial charge in [-0.05, 0) is 48.8 Å². The lowest BCUT2D eigenvalue weighted by Gasteiger charge is -2.36. The summed E-state index contributed by atoms with van der Waals surface area (Å²) in [7, 11) is 3.15. The highest BCUT2D eigenvalue weighted by molar-refractivity contribution is 7.99. The summed E-state index contributed by atoms with van der Waals surface area (Å²) in [5, 5.41) is 3.31. The lowest BCUT2D eigenvalue weighted by Crippen LogP contribution is -2.36. The highest BCUT2D eigenvalue weighted by Crippen LogP contribution is 2.47. The van der Waals surface area contributed by atoms with Gasteiger partial charge in [-0.3, -0.25) is 4.79 Å². The van der Waals surface area contributed by atoms with E-state index in [-0.39, 0.29) is 30.3 Å². The molecule has 2 aliphatic rings. The van der Waals surface area contributed by atoms with Crippen LogP contribution in [0.15, 0.2) is 65.0 Å². The maximum Gasteiger partial charge on any atom is 0.336 e. The number of halogens is 1. The van der Waals surface area contributed by atoms with E-state index in [4.69, 9.17) is 14.2 Å². The number of ether oxygens (including phenoxy) is 3. The fourth-order valence-corrected chi connectivity index (χ4v) is 5.58. The highest BCUT2D eigenvalue weighted by atomic mass is 32.2. The summed E-state index contributed by atoms with van der Waals surface area (Å²) in [6.45, 7) is 4.06. The zero-order valence-corrected chi connectivity index (χ0v) is 22.4. The van der Waals surface area contributed by atoms with Crippen LogP contribution in [-0.2, 0) is 14.3 Å². The third-order valence-corrected chi connectivity index (χ3v) is 7.67. The molecule has 4 rings (SSSR count). The molecule has 37 heavy (non-hydrogen) atoms. The van der Waals surface area contributed by atoms with Gasteiger partial charge in [0.2, 0.25) is 0 Å². The largest absolute Gasteiger partial charge is 0.493 e. The fourth-order valence-electron chi connectivity index (χ4n) is 5.09. The topological polar surface area (TPSA) is 73.9 Å². The van der Waals surface area contributed by atoms with Gasteiger partial charge in [0.05, 0.1) is 25.7 Å². The molecule has 196 valence electrons. The van der Waals surface area contributed by atoms with Crippen LogP contribution in [0.3, 0.4) is 0 Å². The van der Waals surface area contributed by atoms with Crippen LogP contribution in [0.25, 0.3) is 0 Å². The van der Waals surface area contributed by atoms with E-state index in [1.54, 1.807) is 51.1 Å². The van der Waals surface area contributed by atoms with Gasteiger partial charge < -0.3 is 19.5 Å². The van der Waals surface area contributed by atoms with Crippen molar-refractivity contribution in [2.45, 2.75) is 38.5 Å². The maximum atomic E-state index is 15.1. The number of ketones is 1. The molecule has 1 N–H and O–H groups in total. The van der Waals surface area contributed by atoms with Gasteiger partial charge in [0.25, 0.3) is 0 Å². The molecule has 0 radical (unpaired) electrons. The van der Waals surface area contributed by atoms with Crippen molar-refractivity contribution in [1.29, 1.82) is 0 Å². The summed E-state index contributed by atoms with van der Waals surface area (Å²) in [5.74, 6) is 0.748. The van der Waals surface area contributed by atoms with Crippen molar-refractivity contribution in [3.63, 3.8) is 0 Å². The molecule has 1 aliphatic heterocycles. The highest BCUT2D eigenvalue weighted by Gasteiger charge is 2.42. The molecule has 2 atom stereocenters. The number of carbonyl (C=O) groups excluding carboxylic acids is 2. The van der Waals surface area contributed by atoms with Gasteiger partial charge in [-0.25, -0.2) is 9.18 Å². The number of hydrogen-bond donors (Lipinski definition) is 1. The van der Waals surface area contributed by atoms with Gasteiger partial charge in [-0.1, -0.05) is 31.2 Å². The molecule has 0 unspecified atom stereocenters. The standard InChI is InChI=1S/C29H32FNO5S/c1-5-37-13-12-36-29(33)26-17(2)31-22-14-19(18-10-11-24(34-3)25(16-18)35-4)15-23(32)28(22)27(26)20-8-6-7-9-21(20)30/h6-11,16,19,27,31H,5,12-15H2,1-4H3/t19-,27+/m1/s1. The van der Waals surface area contributed by atoms with Gasteiger partial charge in [0.1, 0.15) is 12.4 Å². The van der Waals surface area contributed by atoms with E-state index in [9.17, 15) is 9.59 Å². The monoisotopic (exact) mass is 525 g/mol. The van der Waals surface area contributed by atoms with Crippen LogP contribution in [0.4, 0.5) is 4.39 Å². The number of nitrogens with one attached hydrogen (secondary N) is 1. The number of allylic oxidation sites excluding steroid dienone is 3. The second-order valence-corrected chi connectivity index (χ2v) is 10.4. The molecule has 1 aliphatic carbocycles. The van der Waals surface area contributed by atoms with Gasteiger partial charge in [-0.15, -0.1) is 0 Å². The Kier molecular flexibility index (Phi) is 8.59. The summed E-state index contributed by atoms with van der Waals surface area (Å²) < 4.78 is 31.5. The molecular weight excluding hydrogens is 493 g/mol. The van der Waals surface area contributed by atoms with Crippen molar-refractivity contribution in [2.75, 3.05) is 32.3 Å². The number of Topliss-reactive ketones (excluding diaryl/α,β-unsaturated/α-hetero) is 1. The molecule has 0 saturated carbocycles. The van der Waals surface area contributed by atoms with Crippen molar-refractivity contribution in [1.82, 2.24) is 5.32 Å². The Morgan fingerprint density at radius 3 is 2.57 bits per heavy atom. The Hall–Kier alpha value is -3.26. The summed E-state index contributed by atoms with van der Waals surface area (Å²) in [6, 6.07) is 12.0. The third kappa shape index (κ3) is 5.54. The second kappa shape index (κ2) is 11.9. The zero-order valence-electron chi connectivity index (χ0n) is 21.6. The number of methoxy groups -OCH3 is 2. The average Bonchev–Trinajstić information content (AvgIpc) is 2.90. The molecule has 0 bridgehead atoms. The minimum Gasteiger partial charge on any atom is -0.493 e. The normalized spacial score (nSPS) is 19.3. The van der Waals surface area contributed by atoms with Crippen molar-refractivity contribution in [2.24, 2.45) is 0 Å². The first-order valence-electron chi connectivity index (χ1n) is 12.3. The van der Waals surface area contributed by atoms with E-state index < -0.39 is 17.7 Å². The Labute approximate surface area is 221 Å². The van der Waals surface area contributed by atoms with Crippen molar-refractivity contribution in [3.8, 4) is 11.5 Å². The molecule has 0 spiro atoms. The first kappa shape index (κ1) is 26.8. The molecule has 1 heterocycles. The second-order valence-electron chi connectivity index (χ2n) is 8.99. The molecule has 2 aromatic carbocycles. The summed E-state index contributed by atoms with van der Waals surface area (Å²) in [6.07, 6.45) is 0.768. The average molecular weight is 526 g/mol. The summed E-state index contributed by atoms with van der Waals surface area (Å²) in [4.78, 5) is 27.0. The van der Waals surface area contributed by atoms with Crippen LogP contribution >= 0.6 is 11.8 Å². The molecular formula is C29H32FNO5S. The van der Waals surface area contributed by atoms with Crippen LogP contribution in [-0.4, -0.2) is 44.1 Å². The zero-order chi connectivity index (χ0) is 26.5. The Morgan fingerprint density at radius 1 is 1.11 bits per heavy atom. The quantitative estimate of drug-likeness (QED) is 0.342. The Morgan fingerprint density at radius 2 is 1.86 bits per heavy atom. The number of benzene rings is 2. The first-order valence-corrected chi connectivity index (χ1v) is 13.5. The van der Waals surface area contributed by atoms with Crippen LogP contribution in [0.2, 0.25) is 0 Å². The van der Waals surface area contributed by atoms with E-state index in [1.807, 2.05) is 25.1 Å². The molecule has 8 heteroatoms. The number of carbonyl (C=O) groups is 2. The fraction of sp³-hybridized carbons (Fsp3) is 0.379. The SMILES string of the molecule is CCSCCOC(=O)C1=C(C)NC2=C(C(=O)C[C@H](c3ccc(OC)c(OC)c3)C2)[C@H]1c1ccccc1F.